The molecule has 0 saturated carbocycles. The fourth-order valence-corrected chi connectivity index (χ4v) is 4.88. The van der Waals surface area contributed by atoms with Crippen molar-refractivity contribution in [2.45, 2.75) is 11.3 Å². The van der Waals surface area contributed by atoms with Crippen LogP contribution in [0.25, 0.3) is 6.08 Å². The van der Waals surface area contributed by atoms with Crippen LogP contribution < -0.4 is 20.9 Å². The van der Waals surface area contributed by atoms with Crippen molar-refractivity contribution in [2.75, 3.05) is 50.5 Å². The summed E-state index contributed by atoms with van der Waals surface area (Å²) in [5, 5.41) is 14.8. The maximum Gasteiger partial charge on any atom is 0.414 e. The highest BCUT2D eigenvalue weighted by atomic mass is 32.2. The summed E-state index contributed by atoms with van der Waals surface area (Å²) >= 11 is 1.68. The molecule has 1 aromatic heterocycles. The van der Waals surface area contributed by atoms with Crippen molar-refractivity contribution in [2.24, 2.45) is 14.1 Å². The van der Waals surface area contributed by atoms with E-state index >= 15 is 0 Å². The highest BCUT2D eigenvalue weighted by Crippen LogP contribution is 2.21. The van der Waals surface area contributed by atoms with Gasteiger partial charge in [0.15, 0.2) is 5.78 Å². The molecule has 234 valence electrons. The number of carboxylic acid groups (broad SMARTS) is 2. The molecule has 0 radical (unpaired) electrons. The minimum atomic E-state index is -1.82. The van der Waals surface area contributed by atoms with Crippen molar-refractivity contribution in [3.05, 3.63) is 92.6 Å². The maximum absolute atomic E-state index is 12.8. The number of allylic oxidation sites excluding steroid dienone is 1. The van der Waals surface area contributed by atoms with Crippen LogP contribution in [-0.4, -0.2) is 87.6 Å². The molecule has 2 N–H and O–H groups in total. The molecule has 0 bridgehead atoms. The predicted molar refractivity (Wildman–Crippen MR) is 169 cm³/mol. The summed E-state index contributed by atoms with van der Waals surface area (Å²) < 4.78 is 8.65. The lowest BCUT2D eigenvalue weighted by molar-refractivity contribution is -0.159. The number of thioether (sulfide) groups is 1. The fourth-order valence-electron chi connectivity index (χ4n) is 4.47. The normalized spacial score (nSPS) is 13.3. The number of aliphatic carboxylic acids is 2. The van der Waals surface area contributed by atoms with E-state index in [2.05, 4.69) is 9.80 Å². The molecular formula is C31H36N4O8S. The number of hydrogen-bond acceptors (Lipinski definition) is 9. The summed E-state index contributed by atoms with van der Waals surface area (Å²) in [7, 11) is 3.19. The SMILES string of the molecule is CSc1ccc(C=CC(=O)c2ccccc2OCCCN2CCN(c3cc(=O)n(C)c(=O)n3C)CC2)cc1.O=C(O)C(=O)O. The molecule has 1 aliphatic heterocycles. The van der Waals surface area contributed by atoms with Crippen LogP contribution in [0, 0.1) is 0 Å². The molecule has 0 atom stereocenters. The fraction of sp³-hybridized carbons (Fsp3) is 0.323. The van der Waals surface area contributed by atoms with Crippen LogP contribution in [0.15, 0.2) is 75.2 Å². The summed E-state index contributed by atoms with van der Waals surface area (Å²) in [4.78, 5) is 61.0. The number of carboxylic acids is 2. The van der Waals surface area contributed by atoms with E-state index in [4.69, 9.17) is 24.5 Å². The van der Waals surface area contributed by atoms with E-state index in [0.717, 1.165) is 49.3 Å². The first kappa shape index (κ1) is 33.9. The molecule has 4 rings (SSSR count). The van der Waals surface area contributed by atoms with E-state index < -0.39 is 11.9 Å². The van der Waals surface area contributed by atoms with Crippen LogP contribution in [0.1, 0.15) is 22.3 Å². The second-order valence-electron chi connectivity index (χ2n) is 9.85. The van der Waals surface area contributed by atoms with Gasteiger partial charge in [-0.25, -0.2) is 14.4 Å². The van der Waals surface area contributed by atoms with Crippen molar-refractivity contribution in [1.82, 2.24) is 14.0 Å². The van der Waals surface area contributed by atoms with Crippen LogP contribution >= 0.6 is 11.8 Å². The van der Waals surface area contributed by atoms with E-state index in [9.17, 15) is 14.4 Å². The summed E-state index contributed by atoms with van der Waals surface area (Å²) in [6, 6.07) is 17.0. The van der Waals surface area contributed by atoms with Crippen LogP contribution in [0.2, 0.25) is 0 Å². The smallest absolute Gasteiger partial charge is 0.414 e. The van der Waals surface area contributed by atoms with Crippen molar-refractivity contribution < 1.29 is 29.3 Å². The first-order valence-electron chi connectivity index (χ1n) is 13.8. The van der Waals surface area contributed by atoms with E-state index in [1.54, 1.807) is 31.0 Å². The van der Waals surface area contributed by atoms with E-state index in [1.165, 1.54) is 22.6 Å². The molecule has 1 fully saturated rings. The zero-order valence-electron chi connectivity index (χ0n) is 24.8. The van der Waals surface area contributed by atoms with Crippen molar-refractivity contribution >= 4 is 41.4 Å². The van der Waals surface area contributed by atoms with E-state index in [1.807, 2.05) is 54.8 Å². The van der Waals surface area contributed by atoms with Crippen molar-refractivity contribution in [3.8, 4) is 5.75 Å². The molecule has 2 aromatic carbocycles. The molecular weight excluding hydrogens is 588 g/mol. The van der Waals surface area contributed by atoms with Gasteiger partial charge >= 0.3 is 17.6 Å². The summed E-state index contributed by atoms with van der Waals surface area (Å²) in [6.45, 7) is 4.53. The molecule has 1 saturated heterocycles. The number of rotatable bonds is 10. The van der Waals surface area contributed by atoms with E-state index in [-0.39, 0.29) is 17.0 Å². The third-order valence-corrected chi connectivity index (χ3v) is 7.70. The van der Waals surface area contributed by atoms with E-state index in [0.29, 0.717) is 23.7 Å². The Morgan fingerprint density at radius 2 is 1.55 bits per heavy atom. The largest absolute Gasteiger partial charge is 0.493 e. The second-order valence-corrected chi connectivity index (χ2v) is 10.7. The van der Waals surface area contributed by atoms with Gasteiger partial charge in [-0.1, -0.05) is 30.3 Å². The van der Waals surface area contributed by atoms with Crippen molar-refractivity contribution in [1.29, 1.82) is 0 Å². The molecule has 12 nitrogen and oxygen atoms in total. The van der Waals surface area contributed by atoms with Crippen LogP contribution in [0.3, 0.4) is 0 Å². The molecule has 1 aliphatic rings. The van der Waals surface area contributed by atoms with Gasteiger partial charge in [0.25, 0.3) is 5.56 Å². The number of carbonyl (C=O) groups is 3. The summed E-state index contributed by atoms with van der Waals surface area (Å²) in [5.74, 6) is -2.48. The lowest BCUT2D eigenvalue weighted by Gasteiger charge is -2.36. The predicted octanol–water partition coefficient (Wildman–Crippen LogP) is 2.45. The molecule has 0 unspecified atom stereocenters. The first-order chi connectivity index (χ1) is 21.0. The number of aromatic nitrogens is 2. The third-order valence-electron chi connectivity index (χ3n) is 6.95. The van der Waals surface area contributed by atoms with Gasteiger partial charge in [0.05, 0.1) is 12.2 Å². The average Bonchev–Trinajstić information content (AvgIpc) is 3.03. The van der Waals surface area contributed by atoms with Crippen LogP contribution in [0.5, 0.6) is 5.75 Å². The molecule has 3 aromatic rings. The number of ether oxygens (including phenoxy) is 1. The molecule has 0 amide bonds. The number of ketones is 1. The summed E-state index contributed by atoms with van der Waals surface area (Å²) in [5.41, 5.74) is 0.928. The third kappa shape index (κ3) is 9.44. The highest BCUT2D eigenvalue weighted by molar-refractivity contribution is 7.98. The lowest BCUT2D eigenvalue weighted by Crippen LogP contribution is -2.49. The Morgan fingerprint density at radius 1 is 0.909 bits per heavy atom. The molecule has 13 heteroatoms. The van der Waals surface area contributed by atoms with Gasteiger partial charge in [-0.2, -0.15) is 0 Å². The monoisotopic (exact) mass is 624 g/mol. The molecule has 44 heavy (non-hydrogen) atoms. The number of nitrogens with zero attached hydrogens (tertiary/aromatic N) is 4. The van der Waals surface area contributed by atoms with Gasteiger partial charge < -0.3 is 19.8 Å². The number of benzene rings is 2. The van der Waals surface area contributed by atoms with Gasteiger partial charge in [-0.3, -0.25) is 23.6 Å². The standard InChI is InChI=1S/C29H34N4O4S.C2H2O4/c1-30-27(21-28(35)31(2)29(30)36)33-18-16-32(17-19-33)15-6-20-37-26-8-5-4-7-24(26)25(34)14-11-22-9-12-23(38-3)13-10-22;3-1(4)2(5)6/h4-5,7-14,21H,6,15-20H2,1-3H3;(H,3,4)(H,5,6). The zero-order chi connectivity index (χ0) is 32.2. The molecule has 0 aliphatic carbocycles. The van der Waals surface area contributed by atoms with Gasteiger partial charge in [0, 0.05) is 57.8 Å². The Kier molecular flexibility index (Phi) is 12.5. The Morgan fingerprint density at radius 3 is 2.16 bits per heavy atom. The lowest BCUT2D eigenvalue weighted by atomic mass is 10.1. The minimum absolute atomic E-state index is 0.0872. The maximum atomic E-state index is 12.8. The number of carbonyl (C=O) groups excluding carboxylic acids is 1. The zero-order valence-corrected chi connectivity index (χ0v) is 25.7. The number of hydrogen-bond donors (Lipinski definition) is 2. The van der Waals surface area contributed by atoms with Crippen LogP contribution in [-0.2, 0) is 23.7 Å². The Bertz CT molecular complexity index is 1590. The highest BCUT2D eigenvalue weighted by Gasteiger charge is 2.20. The Hall–Kier alpha value is -4.62. The van der Waals surface area contributed by atoms with Gasteiger partial charge in [-0.15, -0.1) is 11.8 Å². The number of anilines is 1. The average molecular weight is 625 g/mol. The topological polar surface area (TPSA) is 151 Å². The minimum Gasteiger partial charge on any atom is -0.493 e. The van der Waals surface area contributed by atoms with Gasteiger partial charge in [-0.05, 0) is 48.6 Å². The number of piperazine rings is 1. The van der Waals surface area contributed by atoms with Crippen molar-refractivity contribution in [3.63, 3.8) is 0 Å². The van der Waals surface area contributed by atoms with Gasteiger partial charge in [0.2, 0.25) is 0 Å². The number of para-hydroxylation sites is 1. The van der Waals surface area contributed by atoms with Crippen LogP contribution in [0.4, 0.5) is 5.82 Å². The molecule has 0 spiro atoms. The second kappa shape index (κ2) is 16.3. The molecule has 2 heterocycles. The Labute approximate surface area is 258 Å². The first-order valence-corrected chi connectivity index (χ1v) is 15.0. The van der Waals surface area contributed by atoms with Gasteiger partial charge in [0.1, 0.15) is 11.6 Å². The Balaban J connectivity index is 0.000000801. The quantitative estimate of drug-likeness (QED) is 0.113. The summed E-state index contributed by atoms with van der Waals surface area (Å²) in [6.07, 6.45) is 6.28.